The number of rotatable bonds is 0. The van der Waals surface area contributed by atoms with Crippen molar-refractivity contribution in [2.75, 3.05) is 0 Å². The van der Waals surface area contributed by atoms with Crippen LogP contribution in [0.25, 0.3) is 11.2 Å². The molecule has 0 aliphatic heterocycles. The number of aryl methyl sites for hydroxylation is 1. The Morgan fingerprint density at radius 3 is 2.85 bits per heavy atom. The Labute approximate surface area is 78.4 Å². The average molecular weight is 196 g/mol. The maximum absolute atomic E-state index is 11.6. The summed E-state index contributed by atoms with van der Waals surface area (Å²) >= 11 is 4.93. The quantitative estimate of drug-likeness (QED) is 0.607. The highest BCUT2D eigenvalue weighted by molar-refractivity contribution is 7.71. The molecular formula is C7H8N4OS. The highest BCUT2D eigenvalue weighted by Gasteiger charge is 2.05. The Hall–Kier alpha value is -1.43. The van der Waals surface area contributed by atoms with Crippen LogP contribution in [0, 0.1) is 11.7 Å². The monoisotopic (exact) mass is 196 g/mol. The molecule has 0 atom stereocenters. The van der Waals surface area contributed by atoms with Gasteiger partial charge >= 0.3 is 0 Å². The molecule has 2 aromatic rings. The zero-order valence-electron chi connectivity index (χ0n) is 7.21. The third kappa shape index (κ3) is 1.10. The molecule has 0 bridgehead atoms. The van der Waals surface area contributed by atoms with Crippen molar-refractivity contribution in [3.05, 3.63) is 20.9 Å². The first-order valence-corrected chi connectivity index (χ1v) is 4.16. The van der Waals surface area contributed by atoms with Crippen molar-refractivity contribution in [1.29, 1.82) is 0 Å². The molecule has 0 saturated carbocycles. The molecule has 13 heavy (non-hydrogen) atoms. The summed E-state index contributed by atoms with van der Waals surface area (Å²) in [6, 6.07) is 0. The minimum Gasteiger partial charge on any atom is -0.336 e. The van der Waals surface area contributed by atoms with Gasteiger partial charge in [0.1, 0.15) is 11.3 Å². The Kier molecular flexibility index (Phi) is 1.59. The van der Waals surface area contributed by atoms with Gasteiger partial charge < -0.3 is 9.97 Å². The molecule has 0 amide bonds. The number of fused-ring (bicyclic) bond motifs is 1. The summed E-state index contributed by atoms with van der Waals surface area (Å²) in [5.41, 5.74) is 0.832. The highest BCUT2D eigenvalue weighted by Crippen LogP contribution is 2.01. The Morgan fingerprint density at radius 2 is 2.15 bits per heavy atom. The SMILES string of the molecule is Cc1nc2[nH]c(=S)n(C)c(=O)c2[nH]1. The summed E-state index contributed by atoms with van der Waals surface area (Å²) in [5, 5.41) is 0. The van der Waals surface area contributed by atoms with Gasteiger partial charge in [0, 0.05) is 7.05 Å². The zero-order chi connectivity index (χ0) is 9.59. The second-order valence-electron chi connectivity index (χ2n) is 2.84. The molecule has 0 aromatic carbocycles. The van der Waals surface area contributed by atoms with Gasteiger partial charge in [-0.1, -0.05) is 0 Å². The fourth-order valence-corrected chi connectivity index (χ4v) is 1.36. The van der Waals surface area contributed by atoms with Crippen LogP contribution in [0.5, 0.6) is 0 Å². The van der Waals surface area contributed by atoms with Crippen molar-refractivity contribution in [3.63, 3.8) is 0 Å². The van der Waals surface area contributed by atoms with Gasteiger partial charge in [-0.2, -0.15) is 0 Å². The second kappa shape index (κ2) is 2.53. The van der Waals surface area contributed by atoms with E-state index in [4.69, 9.17) is 12.2 Å². The summed E-state index contributed by atoms with van der Waals surface area (Å²) in [4.78, 5) is 21.4. The number of hydrogen-bond acceptors (Lipinski definition) is 3. The van der Waals surface area contributed by atoms with Crippen molar-refractivity contribution in [2.24, 2.45) is 7.05 Å². The lowest BCUT2D eigenvalue weighted by Gasteiger charge is -1.95. The lowest BCUT2D eigenvalue weighted by atomic mass is 10.5. The van der Waals surface area contributed by atoms with Crippen molar-refractivity contribution in [1.82, 2.24) is 19.5 Å². The largest absolute Gasteiger partial charge is 0.336 e. The number of hydrogen-bond donors (Lipinski definition) is 2. The third-order valence-electron chi connectivity index (χ3n) is 1.87. The standard InChI is InChI=1S/C7H8N4OS/c1-3-8-4-5(9-3)10-7(13)11(2)6(4)12/h1-2H3,(H,8,9)(H,10,13). The van der Waals surface area contributed by atoms with E-state index in [9.17, 15) is 4.79 Å². The van der Waals surface area contributed by atoms with Gasteiger partial charge in [0.25, 0.3) is 5.56 Å². The number of H-pyrrole nitrogens is 2. The summed E-state index contributed by atoms with van der Waals surface area (Å²) in [7, 11) is 1.62. The van der Waals surface area contributed by atoms with Gasteiger partial charge in [-0.15, -0.1) is 0 Å². The smallest absolute Gasteiger partial charge is 0.280 e. The van der Waals surface area contributed by atoms with Crippen LogP contribution in [0.3, 0.4) is 0 Å². The van der Waals surface area contributed by atoms with E-state index >= 15 is 0 Å². The first-order valence-electron chi connectivity index (χ1n) is 3.75. The first kappa shape index (κ1) is 8.18. The second-order valence-corrected chi connectivity index (χ2v) is 3.23. The number of nitrogens with zero attached hydrogens (tertiary/aromatic N) is 2. The molecule has 68 valence electrons. The first-order chi connectivity index (χ1) is 6.09. The Bertz CT molecular complexity index is 576. The zero-order valence-corrected chi connectivity index (χ0v) is 8.03. The summed E-state index contributed by atoms with van der Waals surface area (Å²) in [6.07, 6.45) is 0. The van der Waals surface area contributed by atoms with Gasteiger partial charge in [-0.3, -0.25) is 9.36 Å². The predicted octanol–water partition coefficient (Wildman–Crippen LogP) is 0.628. The van der Waals surface area contributed by atoms with Gasteiger partial charge in [-0.25, -0.2) is 4.98 Å². The third-order valence-corrected chi connectivity index (χ3v) is 2.25. The Morgan fingerprint density at radius 1 is 1.46 bits per heavy atom. The van der Waals surface area contributed by atoms with Gasteiger partial charge in [-0.05, 0) is 19.1 Å². The van der Waals surface area contributed by atoms with Crippen LogP contribution in [0.15, 0.2) is 4.79 Å². The van der Waals surface area contributed by atoms with E-state index in [1.54, 1.807) is 14.0 Å². The number of imidazole rings is 1. The minimum absolute atomic E-state index is 0.153. The highest BCUT2D eigenvalue weighted by atomic mass is 32.1. The van der Waals surface area contributed by atoms with Crippen molar-refractivity contribution >= 4 is 23.4 Å². The van der Waals surface area contributed by atoms with E-state index in [1.807, 2.05) is 0 Å². The normalized spacial score (nSPS) is 10.9. The molecule has 0 aliphatic carbocycles. The fourth-order valence-electron chi connectivity index (χ4n) is 1.18. The van der Waals surface area contributed by atoms with E-state index in [2.05, 4.69) is 15.0 Å². The molecule has 0 saturated heterocycles. The van der Waals surface area contributed by atoms with Gasteiger partial charge in [0.05, 0.1) is 0 Å². The van der Waals surface area contributed by atoms with E-state index in [-0.39, 0.29) is 5.56 Å². The van der Waals surface area contributed by atoms with Crippen LogP contribution >= 0.6 is 12.2 Å². The van der Waals surface area contributed by atoms with E-state index < -0.39 is 0 Å². The van der Waals surface area contributed by atoms with Gasteiger partial charge in [0.15, 0.2) is 10.4 Å². The molecule has 6 heteroatoms. The van der Waals surface area contributed by atoms with Crippen LogP contribution in [0.2, 0.25) is 0 Å². The topological polar surface area (TPSA) is 66.5 Å². The van der Waals surface area contributed by atoms with Crippen LogP contribution in [-0.2, 0) is 7.05 Å². The molecule has 0 radical (unpaired) electrons. The van der Waals surface area contributed by atoms with Crippen molar-refractivity contribution < 1.29 is 0 Å². The molecule has 2 aromatic heterocycles. The van der Waals surface area contributed by atoms with E-state index in [0.29, 0.717) is 21.8 Å². The van der Waals surface area contributed by atoms with E-state index in [0.717, 1.165) is 0 Å². The summed E-state index contributed by atoms with van der Waals surface area (Å²) < 4.78 is 1.75. The van der Waals surface area contributed by atoms with E-state index in [1.165, 1.54) is 4.57 Å². The average Bonchev–Trinajstić information content (AvgIpc) is 2.42. The van der Waals surface area contributed by atoms with Crippen LogP contribution in [-0.4, -0.2) is 19.5 Å². The molecule has 0 unspecified atom stereocenters. The summed E-state index contributed by atoms with van der Waals surface area (Å²) in [6.45, 7) is 1.79. The van der Waals surface area contributed by atoms with Crippen molar-refractivity contribution in [2.45, 2.75) is 6.92 Å². The van der Waals surface area contributed by atoms with Crippen LogP contribution in [0.1, 0.15) is 5.82 Å². The van der Waals surface area contributed by atoms with Gasteiger partial charge in [0.2, 0.25) is 0 Å². The lowest BCUT2D eigenvalue weighted by molar-refractivity contribution is 0.821. The molecule has 2 rings (SSSR count). The summed E-state index contributed by atoms with van der Waals surface area (Å²) in [5.74, 6) is 0.698. The van der Waals surface area contributed by atoms with Crippen LogP contribution in [0.4, 0.5) is 0 Å². The number of aromatic amines is 2. The predicted molar refractivity (Wildman–Crippen MR) is 51.3 cm³/mol. The molecule has 0 fully saturated rings. The molecule has 0 spiro atoms. The Balaban J connectivity index is 3.10. The van der Waals surface area contributed by atoms with Crippen LogP contribution < -0.4 is 5.56 Å². The molecule has 0 aliphatic rings. The number of aromatic nitrogens is 4. The maximum Gasteiger partial charge on any atom is 0.280 e. The maximum atomic E-state index is 11.6. The number of nitrogens with one attached hydrogen (secondary N) is 2. The molecular weight excluding hydrogens is 188 g/mol. The molecule has 2 N–H and O–H groups in total. The lowest BCUT2D eigenvalue weighted by Crippen LogP contribution is -2.18. The van der Waals surface area contributed by atoms with Crippen molar-refractivity contribution in [3.8, 4) is 0 Å². The molecule has 5 nitrogen and oxygen atoms in total. The minimum atomic E-state index is -0.153. The fraction of sp³-hybridized carbons (Fsp3) is 0.286. The molecule has 2 heterocycles.